The third kappa shape index (κ3) is 5.91. The molecule has 1 aliphatic rings. The van der Waals surface area contributed by atoms with Crippen LogP contribution in [0.2, 0.25) is 0 Å². The number of benzene rings is 1. The van der Waals surface area contributed by atoms with Crippen LogP contribution in [-0.2, 0) is 11.5 Å². The molecule has 0 saturated carbocycles. The van der Waals surface area contributed by atoms with E-state index in [1.807, 2.05) is 55.8 Å². The lowest BCUT2D eigenvalue weighted by atomic mass is 10.1. The first-order valence-corrected chi connectivity index (χ1v) is 10.6. The van der Waals surface area contributed by atoms with Crippen molar-refractivity contribution < 1.29 is 19.3 Å². The summed E-state index contributed by atoms with van der Waals surface area (Å²) in [6, 6.07) is 7.90. The predicted octanol–water partition coefficient (Wildman–Crippen LogP) is -0.328. The Hall–Kier alpha value is -2.16. The smallest absolute Gasteiger partial charge is 0.275 e. The van der Waals surface area contributed by atoms with E-state index in [0.29, 0.717) is 6.54 Å². The first-order valence-electron chi connectivity index (χ1n) is 10.2. The number of ether oxygens (including phenoxy) is 1. The minimum atomic E-state index is -0.170. The standard InChI is InChI=1S/C21H31N5O2S/c1-21(2,3)22-19(27)15-23-9-11-24(12-10-23)16-25-13-14-26(20(25)29)17-5-7-18(28-4)8-6-17/h5-8,13-14H,9-12,15-16H2,1-4H3,(H,22,27)/p+2. The minimum Gasteiger partial charge on any atom is -0.497 e. The van der Waals surface area contributed by atoms with Crippen molar-refractivity contribution >= 4 is 18.1 Å². The Kier molecular flexibility index (Phi) is 6.77. The number of carbonyl (C=O) groups excluding carboxylic acids is 1. The van der Waals surface area contributed by atoms with E-state index in [1.54, 1.807) is 7.11 Å². The van der Waals surface area contributed by atoms with Gasteiger partial charge in [0, 0.05) is 23.6 Å². The SMILES string of the molecule is COc1ccc(-n2ccn(C[NH+]3CC[NH+](CC(=O)NC(C)(C)C)CC3)c2=S)cc1. The fourth-order valence-corrected chi connectivity index (χ4v) is 3.99. The molecule has 1 aromatic heterocycles. The molecule has 3 rings (SSSR count). The Morgan fingerprint density at radius 1 is 1.10 bits per heavy atom. The highest BCUT2D eigenvalue weighted by atomic mass is 32.1. The zero-order valence-electron chi connectivity index (χ0n) is 17.8. The van der Waals surface area contributed by atoms with Crippen molar-refractivity contribution in [1.29, 1.82) is 0 Å². The molecule has 0 bridgehead atoms. The predicted molar refractivity (Wildman–Crippen MR) is 115 cm³/mol. The lowest BCUT2D eigenvalue weighted by molar-refractivity contribution is -1.02. The topological polar surface area (TPSA) is 57.1 Å². The Balaban J connectivity index is 1.54. The molecule has 3 N–H and O–H groups in total. The van der Waals surface area contributed by atoms with Crippen LogP contribution in [0.4, 0.5) is 0 Å². The summed E-state index contributed by atoms with van der Waals surface area (Å²) < 4.78 is 10.2. The normalized spacial score (nSPS) is 19.7. The van der Waals surface area contributed by atoms with Crippen LogP contribution < -0.4 is 19.9 Å². The van der Waals surface area contributed by atoms with Crippen molar-refractivity contribution in [3.05, 3.63) is 41.4 Å². The molecule has 1 saturated heterocycles. The van der Waals surface area contributed by atoms with E-state index in [-0.39, 0.29) is 11.4 Å². The number of hydrogen-bond donors (Lipinski definition) is 3. The third-order valence-corrected chi connectivity index (χ3v) is 5.61. The maximum Gasteiger partial charge on any atom is 0.275 e. The first kappa shape index (κ1) is 21.5. The number of aromatic nitrogens is 2. The van der Waals surface area contributed by atoms with Gasteiger partial charge in [0.2, 0.25) is 0 Å². The molecule has 0 unspecified atom stereocenters. The maximum atomic E-state index is 12.2. The molecular weight excluding hydrogens is 386 g/mol. The highest BCUT2D eigenvalue weighted by Crippen LogP contribution is 2.15. The van der Waals surface area contributed by atoms with Gasteiger partial charge in [0.05, 0.1) is 7.11 Å². The molecule has 8 heteroatoms. The van der Waals surface area contributed by atoms with Crippen LogP contribution in [0.25, 0.3) is 5.69 Å². The Morgan fingerprint density at radius 3 is 2.31 bits per heavy atom. The van der Waals surface area contributed by atoms with Gasteiger partial charge in [-0.15, -0.1) is 0 Å². The van der Waals surface area contributed by atoms with E-state index < -0.39 is 0 Å². The number of rotatable bonds is 6. The van der Waals surface area contributed by atoms with Gasteiger partial charge in [0.15, 0.2) is 18.0 Å². The van der Waals surface area contributed by atoms with Gasteiger partial charge in [-0.3, -0.25) is 13.9 Å². The molecule has 0 spiro atoms. The van der Waals surface area contributed by atoms with Gasteiger partial charge in [0.1, 0.15) is 31.9 Å². The van der Waals surface area contributed by atoms with Crippen LogP contribution in [0, 0.1) is 4.77 Å². The van der Waals surface area contributed by atoms with E-state index in [4.69, 9.17) is 17.0 Å². The molecule has 7 nitrogen and oxygen atoms in total. The summed E-state index contributed by atoms with van der Waals surface area (Å²) in [5.41, 5.74) is 0.862. The molecule has 2 aromatic rings. The molecule has 2 heterocycles. The van der Waals surface area contributed by atoms with E-state index in [0.717, 1.165) is 49.1 Å². The van der Waals surface area contributed by atoms with Crippen molar-refractivity contribution in [3.63, 3.8) is 0 Å². The summed E-state index contributed by atoms with van der Waals surface area (Å²) in [6.45, 7) is 11.5. The number of nitrogens with one attached hydrogen (secondary N) is 3. The lowest BCUT2D eigenvalue weighted by Crippen LogP contribution is -3.28. The number of nitrogens with zero attached hydrogens (tertiary/aromatic N) is 2. The number of imidazole rings is 1. The van der Waals surface area contributed by atoms with Crippen molar-refractivity contribution in [2.75, 3.05) is 39.8 Å². The van der Waals surface area contributed by atoms with E-state index in [1.165, 1.54) is 9.80 Å². The summed E-state index contributed by atoms with van der Waals surface area (Å²) in [6.07, 6.45) is 4.07. The van der Waals surface area contributed by atoms with E-state index in [9.17, 15) is 4.79 Å². The number of methoxy groups -OCH3 is 1. The highest BCUT2D eigenvalue weighted by Gasteiger charge is 2.26. The Morgan fingerprint density at radius 2 is 1.72 bits per heavy atom. The minimum absolute atomic E-state index is 0.134. The van der Waals surface area contributed by atoms with Crippen LogP contribution in [0.15, 0.2) is 36.7 Å². The van der Waals surface area contributed by atoms with Gasteiger partial charge >= 0.3 is 0 Å². The molecule has 29 heavy (non-hydrogen) atoms. The van der Waals surface area contributed by atoms with Gasteiger partial charge in [-0.25, -0.2) is 0 Å². The summed E-state index contributed by atoms with van der Waals surface area (Å²) in [4.78, 5) is 15.0. The highest BCUT2D eigenvalue weighted by molar-refractivity contribution is 7.71. The molecule has 1 aliphatic heterocycles. The second-order valence-corrected chi connectivity index (χ2v) is 9.12. The summed E-state index contributed by atoms with van der Waals surface area (Å²) in [7, 11) is 1.67. The molecule has 158 valence electrons. The molecule has 0 radical (unpaired) electrons. The quantitative estimate of drug-likeness (QED) is 0.562. The van der Waals surface area contributed by atoms with Crippen molar-refractivity contribution in [2.24, 2.45) is 0 Å². The molecule has 0 aliphatic carbocycles. The van der Waals surface area contributed by atoms with E-state index in [2.05, 4.69) is 16.1 Å². The third-order valence-electron chi connectivity index (χ3n) is 5.18. The molecular formula is C21H33N5O2S+2. The number of hydrogen-bond acceptors (Lipinski definition) is 3. The largest absolute Gasteiger partial charge is 0.497 e. The lowest BCUT2D eigenvalue weighted by Gasteiger charge is -2.30. The summed E-state index contributed by atoms with van der Waals surface area (Å²) in [5, 5.41) is 3.06. The number of quaternary nitrogens is 2. The molecule has 0 atom stereocenters. The van der Waals surface area contributed by atoms with Crippen LogP contribution >= 0.6 is 12.2 Å². The number of amides is 1. The van der Waals surface area contributed by atoms with Gasteiger partial charge < -0.3 is 19.9 Å². The van der Waals surface area contributed by atoms with Gasteiger partial charge in [-0.1, -0.05) is 0 Å². The van der Waals surface area contributed by atoms with Gasteiger partial charge in [-0.05, 0) is 57.3 Å². The average molecular weight is 420 g/mol. The summed E-state index contributed by atoms with van der Waals surface area (Å²) in [5.74, 6) is 0.968. The van der Waals surface area contributed by atoms with Gasteiger partial charge in [0.25, 0.3) is 5.91 Å². The fraction of sp³-hybridized carbons (Fsp3) is 0.524. The van der Waals surface area contributed by atoms with Gasteiger partial charge in [-0.2, -0.15) is 0 Å². The number of carbonyl (C=O) groups is 1. The molecule has 1 aromatic carbocycles. The van der Waals surface area contributed by atoms with Crippen LogP contribution in [0.3, 0.4) is 0 Å². The average Bonchev–Trinajstić information content (AvgIpc) is 3.02. The zero-order valence-corrected chi connectivity index (χ0v) is 18.6. The van der Waals surface area contributed by atoms with Crippen molar-refractivity contribution in [3.8, 4) is 11.4 Å². The molecule has 1 amide bonds. The van der Waals surface area contributed by atoms with Crippen LogP contribution in [0.5, 0.6) is 5.75 Å². The summed E-state index contributed by atoms with van der Waals surface area (Å²) >= 11 is 5.69. The Labute approximate surface area is 177 Å². The van der Waals surface area contributed by atoms with Crippen molar-refractivity contribution in [1.82, 2.24) is 14.5 Å². The van der Waals surface area contributed by atoms with Crippen LogP contribution in [0.1, 0.15) is 20.8 Å². The second kappa shape index (κ2) is 9.11. The zero-order chi connectivity index (χ0) is 21.0. The fourth-order valence-electron chi connectivity index (χ4n) is 3.70. The first-order chi connectivity index (χ1) is 13.7. The second-order valence-electron chi connectivity index (χ2n) is 8.75. The maximum absolute atomic E-state index is 12.2. The molecule has 1 fully saturated rings. The van der Waals surface area contributed by atoms with Crippen LogP contribution in [-0.4, -0.2) is 60.4 Å². The Bertz CT molecular complexity index is 874. The van der Waals surface area contributed by atoms with E-state index >= 15 is 0 Å². The van der Waals surface area contributed by atoms with Crippen molar-refractivity contribution in [2.45, 2.75) is 33.0 Å². The number of piperazine rings is 1. The monoisotopic (exact) mass is 419 g/mol.